The minimum Gasteiger partial charge on any atom is -0.396 e. The molecule has 11 atom stereocenters. The highest BCUT2D eigenvalue weighted by atomic mass is 16.3. The third-order valence-electron chi connectivity index (χ3n) is 12.2. The Balaban J connectivity index is 1.68. The normalized spacial score (nSPS) is 46.9. The average Bonchev–Trinajstić information content (AvgIpc) is 3.09. The van der Waals surface area contributed by atoms with E-state index in [-0.39, 0.29) is 42.5 Å². The number of allylic oxidation sites excluding steroid dienone is 1. The van der Waals surface area contributed by atoms with Gasteiger partial charge in [-0.25, -0.2) is 0 Å². The summed E-state index contributed by atoms with van der Waals surface area (Å²) in [6.07, 6.45) is 2.45. The minimum atomic E-state index is -1.45. The molecule has 4 rings (SSSR count). The van der Waals surface area contributed by atoms with Crippen molar-refractivity contribution in [3.05, 3.63) is 11.6 Å². The molecule has 3 fully saturated rings. The number of aliphatic hydroxyl groups excluding tert-OH is 4. The lowest BCUT2D eigenvalue weighted by Gasteiger charge is -2.63. The van der Waals surface area contributed by atoms with Crippen LogP contribution in [0.5, 0.6) is 0 Å². The fourth-order valence-corrected chi connectivity index (χ4v) is 9.25. The molecule has 0 amide bonds. The molecule has 212 valence electrons. The Morgan fingerprint density at radius 3 is 2.27 bits per heavy atom. The van der Waals surface area contributed by atoms with Gasteiger partial charge in [0.05, 0.1) is 29.5 Å². The Morgan fingerprint density at radius 1 is 1.05 bits per heavy atom. The first-order chi connectivity index (χ1) is 17.0. The SMILES string of the molecule is CC(C)C(CCO)CC(O)C(C)(O)C1CCC2(O)C3=CC(=O)C4(C)CC(O)C(O)CC4(C)C3CCC12C. The topological polar surface area (TPSA) is 138 Å². The van der Waals surface area contributed by atoms with E-state index in [9.17, 15) is 35.4 Å². The van der Waals surface area contributed by atoms with Gasteiger partial charge in [-0.2, -0.15) is 0 Å². The van der Waals surface area contributed by atoms with Crippen molar-refractivity contribution in [3.63, 3.8) is 0 Å². The van der Waals surface area contributed by atoms with E-state index in [1.54, 1.807) is 13.0 Å². The number of carbonyl (C=O) groups excluding carboxylic acids is 1. The van der Waals surface area contributed by atoms with Crippen LogP contribution in [-0.2, 0) is 4.79 Å². The fourth-order valence-electron chi connectivity index (χ4n) is 9.25. The third kappa shape index (κ3) is 4.02. The molecule has 0 saturated heterocycles. The van der Waals surface area contributed by atoms with E-state index in [1.807, 2.05) is 20.8 Å². The van der Waals surface area contributed by atoms with Crippen molar-refractivity contribution in [2.45, 2.75) is 122 Å². The highest BCUT2D eigenvalue weighted by Crippen LogP contribution is 2.70. The zero-order chi connectivity index (χ0) is 27.8. The molecule has 0 spiro atoms. The molecular formula is C30H50O7. The summed E-state index contributed by atoms with van der Waals surface area (Å²) in [7, 11) is 0. The van der Waals surface area contributed by atoms with Crippen LogP contribution < -0.4 is 0 Å². The summed E-state index contributed by atoms with van der Waals surface area (Å²) >= 11 is 0. The molecule has 0 aliphatic heterocycles. The van der Waals surface area contributed by atoms with Gasteiger partial charge in [-0.05, 0) is 99.0 Å². The van der Waals surface area contributed by atoms with Crippen LogP contribution in [0.25, 0.3) is 0 Å². The molecule has 0 radical (unpaired) electrons. The summed E-state index contributed by atoms with van der Waals surface area (Å²) in [6, 6.07) is 0. The molecule has 6 N–H and O–H groups in total. The summed E-state index contributed by atoms with van der Waals surface area (Å²) in [5.41, 5.74) is -4.18. The van der Waals surface area contributed by atoms with Gasteiger partial charge in [0.1, 0.15) is 0 Å². The number of aliphatic hydroxyl groups is 6. The number of rotatable bonds is 7. The predicted molar refractivity (Wildman–Crippen MR) is 140 cm³/mol. The Labute approximate surface area is 222 Å². The molecule has 0 aromatic carbocycles. The van der Waals surface area contributed by atoms with Crippen LogP contribution in [0.1, 0.15) is 92.9 Å². The number of ketones is 1. The third-order valence-corrected chi connectivity index (χ3v) is 12.2. The van der Waals surface area contributed by atoms with E-state index < -0.39 is 45.8 Å². The zero-order valence-corrected chi connectivity index (χ0v) is 23.6. The molecule has 7 heteroatoms. The van der Waals surface area contributed by atoms with E-state index in [4.69, 9.17) is 0 Å². The average molecular weight is 523 g/mol. The number of hydrogen-bond donors (Lipinski definition) is 6. The van der Waals surface area contributed by atoms with Crippen LogP contribution in [-0.4, -0.2) is 72.5 Å². The summed E-state index contributed by atoms with van der Waals surface area (Å²) in [5, 5.41) is 66.0. The van der Waals surface area contributed by atoms with Crippen molar-refractivity contribution >= 4 is 5.78 Å². The highest BCUT2D eigenvalue weighted by molar-refractivity contribution is 5.97. The van der Waals surface area contributed by atoms with E-state index in [1.165, 1.54) is 0 Å². The second kappa shape index (κ2) is 9.38. The molecule has 7 nitrogen and oxygen atoms in total. The Kier molecular flexibility index (Phi) is 7.39. The Bertz CT molecular complexity index is 929. The molecule has 37 heavy (non-hydrogen) atoms. The largest absolute Gasteiger partial charge is 0.396 e. The van der Waals surface area contributed by atoms with Crippen LogP contribution in [0.3, 0.4) is 0 Å². The first-order valence-electron chi connectivity index (χ1n) is 14.4. The fraction of sp³-hybridized carbons (Fsp3) is 0.900. The van der Waals surface area contributed by atoms with Crippen molar-refractivity contribution in [3.8, 4) is 0 Å². The lowest BCUT2D eigenvalue weighted by molar-refractivity contribution is -0.189. The molecule has 3 saturated carbocycles. The van der Waals surface area contributed by atoms with Crippen LogP contribution in [0.4, 0.5) is 0 Å². The van der Waals surface area contributed by atoms with Gasteiger partial charge < -0.3 is 30.6 Å². The molecular weight excluding hydrogens is 472 g/mol. The molecule has 11 unspecified atom stereocenters. The van der Waals surface area contributed by atoms with Gasteiger partial charge in [0.25, 0.3) is 0 Å². The second-order valence-corrected chi connectivity index (χ2v) is 14.2. The van der Waals surface area contributed by atoms with Crippen LogP contribution in [0.2, 0.25) is 0 Å². The molecule has 4 aliphatic rings. The summed E-state index contributed by atoms with van der Waals surface area (Å²) in [6.45, 7) is 11.7. The summed E-state index contributed by atoms with van der Waals surface area (Å²) in [4.78, 5) is 13.6. The van der Waals surface area contributed by atoms with E-state index in [0.717, 1.165) is 0 Å². The van der Waals surface area contributed by atoms with Crippen molar-refractivity contribution in [2.24, 2.45) is 39.9 Å². The smallest absolute Gasteiger partial charge is 0.162 e. The van der Waals surface area contributed by atoms with Gasteiger partial charge in [-0.1, -0.05) is 34.6 Å². The van der Waals surface area contributed by atoms with Gasteiger partial charge in [0, 0.05) is 17.4 Å². The second-order valence-electron chi connectivity index (χ2n) is 14.2. The summed E-state index contributed by atoms with van der Waals surface area (Å²) in [5.74, 6) is -0.275. The molecule has 0 bridgehead atoms. The van der Waals surface area contributed by atoms with Crippen LogP contribution >= 0.6 is 0 Å². The molecule has 4 aliphatic carbocycles. The Morgan fingerprint density at radius 2 is 1.68 bits per heavy atom. The Hall–Kier alpha value is -0.830. The predicted octanol–water partition coefficient (Wildman–Crippen LogP) is 2.74. The monoisotopic (exact) mass is 522 g/mol. The first-order valence-corrected chi connectivity index (χ1v) is 14.4. The van der Waals surface area contributed by atoms with Crippen molar-refractivity contribution in [2.75, 3.05) is 6.61 Å². The number of hydrogen-bond acceptors (Lipinski definition) is 7. The maximum absolute atomic E-state index is 13.6. The number of fused-ring (bicyclic) bond motifs is 5. The maximum atomic E-state index is 13.6. The van der Waals surface area contributed by atoms with Crippen molar-refractivity contribution in [1.29, 1.82) is 0 Å². The van der Waals surface area contributed by atoms with E-state index >= 15 is 0 Å². The van der Waals surface area contributed by atoms with Crippen molar-refractivity contribution in [1.82, 2.24) is 0 Å². The minimum absolute atomic E-state index is 0.0333. The summed E-state index contributed by atoms with van der Waals surface area (Å²) < 4.78 is 0. The lowest BCUT2D eigenvalue weighted by atomic mass is 9.41. The molecule has 0 heterocycles. The first kappa shape index (κ1) is 29.2. The van der Waals surface area contributed by atoms with Crippen LogP contribution in [0, 0.1) is 39.9 Å². The van der Waals surface area contributed by atoms with Gasteiger partial charge in [-0.3, -0.25) is 4.79 Å². The van der Waals surface area contributed by atoms with Crippen LogP contribution in [0.15, 0.2) is 11.6 Å². The van der Waals surface area contributed by atoms with E-state index in [2.05, 4.69) is 13.8 Å². The van der Waals surface area contributed by atoms with Gasteiger partial charge >= 0.3 is 0 Å². The zero-order valence-electron chi connectivity index (χ0n) is 23.6. The van der Waals surface area contributed by atoms with Gasteiger partial charge in [0.2, 0.25) is 0 Å². The van der Waals surface area contributed by atoms with Crippen molar-refractivity contribution < 1.29 is 35.4 Å². The molecule has 0 aromatic rings. The van der Waals surface area contributed by atoms with Gasteiger partial charge in [0.15, 0.2) is 5.78 Å². The highest BCUT2D eigenvalue weighted by Gasteiger charge is 2.71. The number of carbonyl (C=O) groups is 1. The standard InChI is InChI=1S/C30H50O7/c1-17(2)18(9-12-31)13-25(35)29(6,36)23-8-11-30(37)20-14-24(34)28(5)16-22(33)21(32)15-27(28,4)19(20)7-10-26(23,30)3/h14,17-19,21-23,25,31-33,35-37H,7-13,15-16H2,1-6H3. The quantitative estimate of drug-likeness (QED) is 0.302. The lowest BCUT2D eigenvalue weighted by Crippen LogP contribution is -2.65. The maximum Gasteiger partial charge on any atom is 0.162 e. The molecule has 0 aromatic heterocycles. The van der Waals surface area contributed by atoms with Gasteiger partial charge in [-0.15, -0.1) is 0 Å². The van der Waals surface area contributed by atoms with E-state index in [0.29, 0.717) is 50.5 Å².